The van der Waals surface area contributed by atoms with Gasteiger partial charge in [0.15, 0.2) is 5.76 Å². The average molecular weight is 443 g/mol. The Hall–Kier alpha value is -3.77. The molecule has 4 aromatic rings. The van der Waals surface area contributed by atoms with Gasteiger partial charge in [-0.25, -0.2) is 0 Å². The molecule has 5 rings (SSSR count). The molecule has 2 heterocycles. The quantitative estimate of drug-likeness (QED) is 0.433. The number of para-hydroxylation sites is 2. The van der Waals surface area contributed by atoms with Crippen LogP contribution in [0, 0.1) is 6.92 Å². The minimum absolute atomic E-state index is 0.235. The molecular formula is C27H26N2O4. The number of nitrogens with one attached hydrogen (secondary N) is 1. The fraction of sp³-hybridized carbons (Fsp3) is 0.222. The largest absolute Gasteiger partial charge is 0.489 e. The highest BCUT2D eigenvalue weighted by Gasteiger charge is 2.22. The van der Waals surface area contributed by atoms with Crippen LogP contribution in [0.2, 0.25) is 0 Å². The van der Waals surface area contributed by atoms with Crippen LogP contribution in [0.15, 0.2) is 77.2 Å². The third-order valence-corrected chi connectivity index (χ3v) is 5.87. The molecule has 0 bridgehead atoms. The molecule has 6 heteroatoms. The highest BCUT2D eigenvalue weighted by atomic mass is 16.5. The van der Waals surface area contributed by atoms with Gasteiger partial charge in [0.2, 0.25) is 0 Å². The Morgan fingerprint density at radius 2 is 1.76 bits per heavy atom. The first-order valence-corrected chi connectivity index (χ1v) is 11.1. The molecule has 1 saturated heterocycles. The molecule has 6 nitrogen and oxygen atoms in total. The number of nitrogens with zero attached hydrogens (tertiary/aromatic N) is 1. The molecule has 1 fully saturated rings. The monoisotopic (exact) mass is 442 g/mol. The predicted octanol–water partition coefficient (Wildman–Crippen LogP) is 5.41. The Labute approximate surface area is 192 Å². The van der Waals surface area contributed by atoms with Gasteiger partial charge in [0.05, 0.1) is 13.2 Å². The Balaban J connectivity index is 1.39. The van der Waals surface area contributed by atoms with Crippen molar-refractivity contribution in [2.75, 3.05) is 36.5 Å². The first-order chi connectivity index (χ1) is 16.2. The molecule has 0 unspecified atom stereocenters. The molecule has 1 amide bonds. The maximum Gasteiger partial charge on any atom is 0.291 e. The van der Waals surface area contributed by atoms with E-state index in [2.05, 4.69) is 16.3 Å². The maximum absolute atomic E-state index is 13.3. The van der Waals surface area contributed by atoms with Crippen LogP contribution in [0.4, 0.5) is 11.4 Å². The van der Waals surface area contributed by atoms with E-state index in [1.165, 1.54) is 0 Å². The summed E-state index contributed by atoms with van der Waals surface area (Å²) in [4.78, 5) is 15.6. The number of furan rings is 1. The van der Waals surface area contributed by atoms with Crippen LogP contribution in [0.3, 0.4) is 0 Å². The maximum atomic E-state index is 13.3. The summed E-state index contributed by atoms with van der Waals surface area (Å²) in [6.45, 7) is 5.44. The lowest BCUT2D eigenvalue weighted by Crippen LogP contribution is -2.36. The summed E-state index contributed by atoms with van der Waals surface area (Å²) in [5.74, 6) is 0.715. The summed E-state index contributed by atoms with van der Waals surface area (Å²) < 4.78 is 17.4. The van der Waals surface area contributed by atoms with E-state index in [9.17, 15) is 4.79 Å². The smallest absolute Gasteiger partial charge is 0.291 e. The summed E-state index contributed by atoms with van der Waals surface area (Å²) in [7, 11) is 0. The van der Waals surface area contributed by atoms with Crippen LogP contribution in [0.1, 0.15) is 21.7 Å². The van der Waals surface area contributed by atoms with Gasteiger partial charge in [-0.2, -0.15) is 0 Å². The Kier molecular flexibility index (Phi) is 6.00. The number of aryl methyl sites for hydroxylation is 1. The fourth-order valence-electron chi connectivity index (χ4n) is 4.08. The van der Waals surface area contributed by atoms with Crippen molar-refractivity contribution in [3.63, 3.8) is 0 Å². The van der Waals surface area contributed by atoms with Crippen molar-refractivity contribution in [2.45, 2.75) is 13.5 Å². The number of hydrogen-bond donors (Lipinski definition) is 1. The lowest BCUT2D eigenvalue weighted by atomic mass is 10.1. The van der Waals surface area contributed by atoms with Gasteiger partial charge < -0.3 is 24.1 Å². The highest BCUT2D eigenvalue weighted by molar-refractivity contribution is 6.07. The third kappa shape index (κ3) is 4.56. The standard InChI is InChI=1S/C27H26N2O4/c1-19-17-20(29-13-15-31-16-14-29)11-12-24(19)28-27(30)26-23(18-32-21-7-3-2-4-8-21)22-9-5-6-10-25(22)33-26/h2-12,17H,13-16,18H2,1H3,(H,28,30). The number of amides is 1. The zero-order valence-corrected chi connectivity index (χ0v) is 18.5. The fourth-order valence-corrected chi connectivity index (χ4v) is 4.08. The summed E-state index contributed by atoms with van der Waals surface area (Å²) in [5, 5.41) is 3.90. The number of rotatable bonds is 6. The Morgan fingerprint density at radius 3 is 2.55 bits per heavy atom. The van der Waals surface area contributed by atoms with E-state index in [1.807, 2.05) is 73.7 Å². The molecule has 168 valence electrons. The Morgan fingerprint density at radius 1 is 1.00 bits per heavy atom. The van der Waals surface area contributed by atoms with Gasteiger partial charge in [0, 0.05) is 35.4 Å². The third-order valence-electron chi connectivity index (χ3n) is 5.87. The molecule has 1 aliphatic heterocycles. The number of carbonyl (C=O) groups is 1. The number of ether oxygens (including phenoxy) is 2. The van der Waals surface area contributed by atoms with Crippen molar-refractivity contribution < 1.29 is 18.7 Å². The molecule has 0 spiro atoms. The predicted molar refractivity (Wildman–Crippen MR) is 129 cm³/mol. The summed E-state index contributed by atoms with van der Waals surface area (Å²) in [6, 6.07) is 23.3. The number of fused-ring (bicyclic) bond motifs is 1. The van der Waals surface area contributed by atoms with E-state index in [-0.39, 0.29) is 18.3 Å². The van der Waals surface area contributed by atoms with E-state index >= 15 is 0 Å². The number of hydrogen-bond acceptors (Lipinski definition) is 5. The molecule has 1 aliphatic rings. The molecule has 1 aromatic heterocycles. The van der Waals surface area contributed by atoms with Crippen molar-refractivity contribution in [3.8, 4) is 5.75 Å². The van der Waals surface area contributed by atoms with Crippen LogP contribution in [0.25, 0.3) is 11.0 Å². The summed E-state index contributed by atoms with van der Waals surface area (Å²) >= 11 is 0. The van der Waals surface area contributed by atoms with Gasteiger partial charge in [-0.05, 0) is 48.9 Å². The lowest BCUT2D eigenvalue weighted by Gasteiger charge is -2.29. The second-order valence-electron chi connectivity index (χ2n) is 8.06. The second-order valence-corrected chi connectivity index (χ2v) is 8.06. The van der Waals surface area contributed by atoms with Crippen LogP contribution < -0.4 is 15.0 Å². The molecule has 33 heavy (non-hydrogen) atoms. The zero-order valence-electron chi connectivity index (χ0n) is 18.5. The minimum atomic E-state index is -0.292. The number of anilines is 2. The van der Waals surface area contributed by atoms with E-state index in [0.29, 0.717) is 5.58 Å². The minimum Gasteiger partial charge on any atom is -0.489 e. The second kappa shape index (κ2) is 9.38. The van der Waals surface area contributed by atoms with Gasteiger partial charge >= 0.3 is 0 Å². The van der Waals surface area contributed by atoms with E-state index in [0.717, 1.165) is 59.9 Å². The molecule has 3 aromatic carbocycles. The zero-order chi connectivity index (χ0) is 22.6. The molecular weight excluding hydrogens is 416 g/mol. The normalized spacial score (nSPS) is 13.8. The highest BCUT2D eigenvalue weighted by Crippen LogP contribution is 2.29. The van der Waals surface area contributed by atoms with Crippen molar-refractivity contribution in [1.29, 1.82) is 0 Å². The first kappa shape index (κ1) is 21.1. The molecule has 1 N–H and O–H groups in total. The summed E-state index contributed by atoms with van der Waals surface area (Å²) in [5.41, 5.74) is 4.27. The molecule has 0 saturated carbocycles. The van der Waals surface area contributed by atoms with Crippen LogP contribution in [0.5, 0.6) is 5.75 Å². The summed E-state index contributed by atoms with van der Waals surface area (Å²) in [6.07, 6.45) is 0. The van der Waals surface area contributed by atoms with E-state index in [4.69, 9.17) is 13.9 Å². The van der Waals surface area contributed by atoms with Crippen LogP contribution in [-0.4, -0.2) is 32.2 Å². The topological polar surface area (TPSA) is 63.9 Å². The average Bonchev–Trinajstić information content (AvgIpc) is 3.24. The first-order valence-electron chi connectivity index (χ1n) is 11.1. The number of carbonyl (C=O) groups excluding carboxylic acids is 1. The van der Waals surface area contributed by atoms with E-state index in [1.54, 1.807) is 0 Å². The lowest BCUT2D eigenvalue weighted by molar-refractivity contribution is 0.0995. The number of benzene rings is 3. The van der Waals surface area contributed by atoms with Crippen LogP contribution in [-0.2, 0) is 11.3 Å². The molecule has 0 atom stereocenters. The number of morpholine rings is 1. The van der Waals surface area contributed by atoms with Gasteiger partial charge in [-0.3, -0.25) is 4.79 Å². The van der Waals surface area contributed by atoms with Crippen molar-refractivity contribution in [1.82, 2.24) is 0 Å². The van der Waals surface area contributed by atoms with Crippen molar-refractivity contribution in [3.05, 3.63) is 89.7 Å². The Bertz CT molecular complexity index is 1260. The van der Waals surface area contributed by atoms with Gasteiger partial charge in [-0.15, -0.1) is 0 Å². The van der Waals surface area contributed by atoms with E-state index < -0.39 is 0 Å². The molecule has 0 radical (unpaired) electrons. The van der Waals surface area contributed by atoms with Crippen molar-refractivity contribution in [2.24, 2.45) is 0 Å². The SMILES string of the molecule is Cc1cc(N2CCOCC2)ccc1NC(=O)c1oc2ccccc2c1COc1ccccc1. The van der Waals surface area contributed by atoms with Gasteiger partial charge in [0.1, 0.15) is 17.9 Å². The van der Waals surface area contributed by atoms with Crippen molar-refractivity contribution >= 4 is 28.3 Å². The molecule has 0 aliphatic carbocycles. The van der Waals surface area contributed by atoms with Crippen LogP contribution >= 0.6 is 0 Å². The van der Waals surface area contributed by atoms with Gasteiger partial charge in [0.25, 0.3) is 5.91 Å². The van der Waals surface area contributed by atoms with Gasteiger partial charge in [-0.1, -0.05) is 36.4 Å².